The molecule has 3 N–H and O–H groups in total. The third-order valence-corrected chi connectivity index (χ3v) is 4.25. The van der Waals surface area contributed by atoms with Crippen LogP contribution in [0.4, 0.5) is 5.69 Å². The summed E-state index contributed by atoms with van der Waals surface area (Å²) in [5.41, 5.74) is 7.49. The lowest BCUT2D eigenvalue weighted by Gasteiger charge is -2.32. The molecule has 0 bridgehead atoms. The number of halogens is 1. The Morgan fingerprint density at radius 3 is 2.59 bits per heavy atom. The molecule has 1 aliphatic carbocycles. The van der Waals surface area contributed by atoms with E-state index in [0.29, 0.717) is 0 Å². The van der Waals surface area contributed by atoms with Gasteiger partial charge in [-0.1, -0.05) is 41.3 Å². The highest BCUT2D eigenvalue weighted by Crippen LogP contribution is 2.32. The molecule has 17 heavy (non-hydrogen) atoms. The Morgan fingerprint density at radius 1 is 1.24 bits per heavy atom. The van der Waals surface area contributed by atoms with Gasteiger partial charge in [0, 0.05) is 10.2 Å². The normalized spacial score (nSPS) is 19.2. The number of aliphatic hydroxyl groups is 1. The van der Waals surface area contributed by atoms with Crippen molar-refractivity contribution in [2.45, 2.75) is 50.5 Å². The van der Waals surface area contributed by atoms with Crippen molar-refractivity contribution < 1.29 is 5.11 Å². The van der Waals surface area contributed by atoms with Crippen molar-refractivity contribution in [3.8, 4) is 0 Å². The summed E-state index contributed by atoms with van der Waals surface area (Å²) in [4.78, 5) is 0. The number of aryl methyl sites for hydroxylation is 1. The van der Waals surface area contributed by atoms with Crippen molar-refractivity contribution in [3.05, 3.63) is 28.2 Å². The molecule has 0 heterocycles. The van der Waals surface area contributed by atoms with Crippen LogP contribution in [-0.2, 0) is 6.42 Å². The third-order valence-electron chi connectivity index (χ3n) is 3.75. The Morgan fingerprint density at radius 2 is 1.94 bits per heavy atom. The van der Waals surface area contributed by atoms with Crippen molar-refractivity contribution in [2.24, 2.45) is 0 Å². The van der Waals surface area contributed by atoms with E-state index in [1.165, 1.54) is 6.42 Å². The van der Waals surface area contributed by atoms with Crippen LogP contribution in [-0.4, -0.2) is 10.7 Å². The molecule has 0 spiro atoms. The van der Waals surface area contributed by atoms with Crippen molar-refractivity contribution in [1.82, 2.24) is 0 Å². The summed E-state index contributed by atoms with van der Waals surface area (Å²) in [5, 5.41) is 10.4. The van der Waals surface area contributed by atoms with Gasteiger partial charge in [-0.3, -0.25) is 0 Å². The monoisotopic (exact) mass is 297 g/mol. The first-order valence-electron chi connectivity index (χ1n) is 6.35. The Labute approximate surface area is 111 Å². The van der Waals surface area contributed by atoms with E-state index in [1.54, 1.807) is 0 Å². The van der Waals surface area contributed by atoms with Crippen LogP contribution in [0, 0.1) is 0 Å². The SMILES string of the molecule is Nc1cc(Br)ccc1CCC1(O)CCCCC1. The van der Waals surface area contributed by atoms with E-state index >= 15 is 0 Å². The molecule has 0 radical (unpaired) electrons. The molecule has 1 saturated carbocycles. The maximum absolute atomic E-state index is 10.4. The first-order valence-corrected chi connectivity index (χ1v) is 7.15. The standard InChI is InChI=1S/C14H20BrNO/c15-12-5-4-11(13(16)10-12)6-9-14(17)7-2-1-3-8-14/h4-5,10,17H,1-3,6-9,16H2. The van der Waals surface area contributed by atoms with Gasteiger partial charge in [-0.25, -0.2) is 0 Å². The van der Waals surface area contributed by atoms with Crippen molar-refractivity contribution in [1.29, 1.82) is 0 Å². The summed E-state index contributed by atoms with van der Waals surface area (Å²) in [6.07, 6.45) is 7.18. The minimum Gasteiger partial charge on any atom is -0.398 e. The van der Waals surface area contributed by atoms with E-state index in [9.17, 15) is 5.11 Å². The molecule has 0 amide bonds. The van der Waals surface area contributed by atoms with Gasteiger partial charge in [-0.05, 0) is 43.4 Å². The molecular weight excluding hydrogens is 278 g/mol. The molecule has 94 valence electrons. The predicted molar refractivity (Wildman–Crippen MR) is 74.9 cm³/mol. The molecule has 0 saturated heterocycles. The van der Waals surface area contributed by atoms with E-state index in [4.69, 9.17) is 5.73 Å². The van der Waals surface area contributed by atoms with Gasteiger partial charge in [-0.2, -0.15) is 0 Å². The molecule has 1 fully saturated rings. The maximum Gasteiger partial charge on any atom is 0.0651 e. The zero-order valence-electron chi connectivity index (χ0n) is 10.1. The van der Waals surface area contributed by atoms with Crippen LogP contribution in [0.25, 0.3) is 0 Å². The van der Waals surface area contributed by atoms with Gasteiger partial charge in [-0.15, -0.1) is 0 Å². The number of rotatable bonds is 3. The highest BCUT2D eigenvalue weighted by atomic mass is 79.9. The van der Waals surface area contributed by atoms with Gasteiger partial charge in [0.2, 0.25) is 0 Å². The first-order chi connectivity index (χ1) is 8.09. The molecular formula is C14H20BrNO. The van der Waals surface area contributed by atoms with E-state index in [1.807, 2.05) is 18.2 Å². The van der Waals surface area contributed by atoms with Crippen LogP contribution in [0.1, 0.15) is 44.1 Å². The molecule has 0 atom stereocenters. The first kappa shape index (κ1) is 12.9. The Hall–Kier alpha value is -0.540. The quantitative estimate of drug-likeness (QED) is 0.837. The molecule has 2 rings (SSSR count). The number of nitrogen functional groups attached to an aromatic ring is 1. The Bertz CT molecular complexity index is 386. The zero-order chi connectivity index (χ0) is 12.3. The summed E-state index contributed by atoms with van der Waals surface area (Å²) in [6.45, 7) is 0. The molecule has 1 aromatic carbocycles. The van der Waals surface area contributed by atoms with E-state index < -0.39 is 5.60 Å². The fourth-order valence-electron chi connectivity index (χ4n) is 2.62. The van der Waals surface area contributed by atoms with Crippen LogP contribution < -0.4 is 5.73 Å². The number of hydrogen-bond acceptors (Lipinski definition) is 2. The topological polar surface area (TPSA) is 46.2 Å². The van der Waals surface area contributed by atoms with Gasteiger partial charge in [0.15, 0.2) is 0 Å². The second-order valence-electron chi connectivity index (χ2n) is 5.13. The van der Waals surface area contributed by atoms with Crippen LogP contribution in [0.15, 0.2) is 22.7 Å². The molecule has 0 aliphatic heterocycles. The molecule has 0 aromatic heterocycles. The largest absolute Gasteiger partial charge is 0.398 e. The molecule has 0 unspecified atom stereocenters. The minimum atomic E-state index is -0.447. The van der Waals surface area contributed by atoms with Gasteiger partial charge < -0.3 is 10.8 Å². The van der Waals surface area contributed by atoms with Crippen molar-refractivity contribution >= 4 is 21.6 Å². The second kappa shape index (κ2) is 5.40. The van der Waals surface area contributed by atoms with E-state index in [2.05, 4.69) is 15.9 Å². The molecule has 3 heteroatoms. The smallest absolute Gasteiger partial charge is 0.0651 e. The van der Waals surface area contributed by atoms with Gasteiger partial charge in [0.05, 0.1) is 5.60 Å². The number of nitrogens with two attached hydrogens (primary N) is 1. The summed E-state index contributed by atoms with van der Waals surface area (Å²) < 4.78 is 1.01. The highest BCUT2D eigenvalue weighted by molar-refractivity contribution is 9.10. The summed E-state index contributed by atoms with van der Waals surface area (Å²) in [5.74, 6) is 0. The fraction of sp³-hybridized carbons (Fsp3) is 0.571. The average Bonchev–Trinajstić information content (AvgIpc) is 2.29. The lowest BCUT2D eigenvalue weighted by Crippen LogP contribution is -2.31. The van der Waals surface area contributed by atoms with Crippen molar-refractivity contribution in [2.75, 3.05) is 5.73 Å². The minimum absolute atomic E-state index is 0.447. The average molecular weight is 298 g/mol. The highest BCUT2D eigenvalue weighted by Gasteiger charge is 2.28. The number of anilines is 1. The van der Waals surface area contributed by atoms with Crippen LogP contribution in [0.3, 0.4) is 0 Å². The molecule has 2 nitrogen and oxygen atoms in total. The molecule has 1 aromatic rings. The summed E-state index contributed by atoms with van der Waals surface area (Å²) in [7, 11) is 0. The predicted octanol–water partition coefficient (Wildman–Crippen LogP) is 3.66. The van der Waals surface area contributed by atoms with Gasteiger partial charge >= 0.3 is 0 Å². The lowest BCUT2D eigenvalue weighted by molar-refractivity contribution is -0.00338. The number of benzene rings is 1. The summed E-state index contributed by atoms with van der Waals surface area (Å²) >= 11 is 3.41. The Balaban J connectivity index is 1.97. The number of hydrogen-bond donors (Lipinski definition) is 2. The van der Waals surface area contributed by atoms with Gasteiger partial charge in [0.25, 0.3) is 0 Å². The maximum atomic E-state index is 10.4. The fourth-order valence-corrected chi connectivity index (χ4v) is 3.00. The second-order valence-corrected chi connectivity index (χ2v) is 6.04. The van der Waals surface area contributed by atoms with Gasteiger partial charge in [0.1, 0.15) is 0 Å². The van der Waals surface area contributed by atoms with E-state index in [-0.39, 0.29) is 0 Å². The lowest BCUT2D eigenvalue weighted by atomic mass is 9.81. The summed E-state index contributed by atoms with van der Waals surface area (Å²) in [6, 6.07) is 5.99. The van der Waals surface area contributed by atoms with Crippen LogP contribution >= 0.6 is 15.9 Å². The third kappa shape index (κ3) is 3.46. The Kier molecular flexibility index (Phi) is 4.10. The van der Waals surface area contributed by atoms with E-state index in [0.717, 1.165) is 54.2 Å². The van der Waals surface area contributed by atoms with Crippen molar-refractivity contribution in [3.63, 3.8) is 0 Å². The zero-order valence-corrected chi connectivity index (χ0v) is 11.7. The molecule has 1 aliphatic rings. The van der Waals surface area contributed by atoms with Crippen LogP contribution in [0.5, 0.6) is 0 Å². The van der Waals surface area contributed by atoms with Crippen LogP contribution in [0.2, 0.25) is 0 Å².